The quantitative estimate of drug-likeness (QED) is 0.855. The van der Waals surface area contributed by atoms with Gasteiger partial charge in [-0.25, -0.2) is 9.97 Å². The fraction of sp³-hybridized carbons (Fsp3) is 0.412. The maximum Gasteiger partial charge on any atom is 0.115 e. The van der Waals surface area contributed by atoms with Crippen LogP contribution in [0.15, 0.2) is 42.9 Å². The number of aryl methyl sites for hydroxylation is 1. The van der Waals surface area contributed by atoms with Gasteiger partial charge in [0.15, 0.2) is 0 Å². The molecule has 1 aromatic heterocycles. The summed E-state index contributed by atoms with van der Waals surface area (Å²) in [5.41, 5.74) is 3.92. The first-order valence-electron chi connectivity index (χ1n) is 7.35. The van der Waals surface area contributed by atoms with E-state index in [-0.39, 0.29) is 0 Å². The van der Waals surface area contributed by atoms with Crippen molar-refractivity contribution in [1.29, 1.82) is 0 Å². The van der Waals surface area contributed by atoms with Crippen LogP contribution in [0, 0.1) is 6.92 Å². The van der Waals surface area contributed by atoms with Crippen molar-refractivity contribution in [3.05, 3.63) is 59.7 Å². The average molecular weight is 267 g/mol. The third kappa shape index (κ3) is 3.23. The predicted octanol–water partition coefficient (Wildman–Crippen LogP) is 3.16. The summed E-state index contributed by atoms with van der Waals surface area (Å²) < 4.78 is 0. The molecule has 0 N–H and O–H groups in total. The van der Waals surface area contributed by atoms with Crippen molar-refractivity contribution >= 4 is 0 Å². The van der Waals surface area contributed by atoms with E-state index < -0.39 is 0 Å². The van der Waals surface area contributed by atoms with E-state index in [2.05, 4.69) is 52.1 Å². The lowest BCUT2D eigenvalue weighted by Gasteiger charge is -2.32. The molecule has 3 heteroatoms. The fourth-order valence-electron chi connectivity index (χ4n) is 2.93. The zero-order chi connectivity index (χ0) is 13.8. The molecule has 0 saturated carbocycles. The van der Waals surface area contributed by atoms with Gasteiger partial charge in [-0.2, -0.15) is 0 Å². The maximum atomic E-state index is 4.42. The highest BCUT2D eigenvalue weighted by Gasteiger charge is 2.22. The Kier molecular flexibility index (Phi) is 4.07. The summed E-state index contributed by atoms with van der Waals surface area (Å²) in [4.78, 5) is 11.0. The van der Waals surface area contributed by atoms with E-state index in [9.17, 15) is 0 Å². The number of hydrogen-bond acceptors (Lipinski definition) is 3. The Hall–Kier alpha value is -1.74. The van der Waals surface area contributed by atoms with Gasteiger partial charge in [0.1, 0.15) is 6.33 Å². The number of aromatic nitrogens is 2. The number of hydrogen-bond donors (Lipinski definition) is 0. The molecule has 0 bridgehead atoms. The van der Waals surface area contributed by atoms with Crippen LogP contribution in [-0.2, 0) is 6.54 Å². The highest BCUT2D eigenvalue weighted by atomic mass is 15.1. The lowest BCUT2D eigenvalue weighted by atomic mass is 9.94. The molecule has 0 spiro atoms. The second kappa shape index (κ2) is 6.14. The van der Waals surface area contributed by atoms with Crippen molar-refractivity contribution in [2.45, 2.75) is 32.2 Å². The van der Waals surface area contributed by atoms with Crippen molar-refractivity contribution in [2.24, 2.45) is 0 Å². The Bertz CT molecular complexity index is 536. The van der Waals surface area contributed by atoms with Gasteiger partial charge in [-0.05, 0) is 37.9 Å². The molecule has 0 amide bonds. The van der Waals surface area contributed by atoms with Crippen LogP contribution < -0.4 is 0 Å². The van der Waals surface area contributed by atoms with E-state index >= 15 is 0 Å². The lowest BCUT2D eigenvalue weighted by Crippen LogP contribution is -2.34. The smallest absolute Gasteiger partial charge is 0.115 e. The summed E-state index contributed by atoms with van der Waals surface area (Å²) in [6.45, 7) is 5.47. The van der Waals surface area contributed by atoms with Crippen LogP contribution in [0.3, 0.4) is 0 Å². The van der Waals surface area contributed by atoms with Gasteiger partial charge < -0.3 is 0 Å². The topological polar surface area (TPSA) is 29.0 Å². The summed E-state index contributed by atoms with van der Waals surface area (Å²) in [5.74, 6) is 0.553. The summed E-state index contributed by atoms with van der Waals surface area (Å²) in [7, 11) is 0. The van der Waals surface area contributed by atoms with Crippen LogP contribution >= 0.6 is 0 Å². The van der Waals surface area contributed by atoms with Crippen molar-refractivity contribution < 1.29 is 0 Å². The maximum absolute atomic E-state index is 4.42. The first-order chi connectivity index (χ1) is 9.81. The Labute approximate surface area is 120 Å². The minimum atomic E-state index is 0.553. The van der Waals surface area contributed by atoms with Crippen LogP contribution in [0.2, 0.25) is 0 Å². The molecule has 1 aliphatic rings. The SMILES string of the molecule is Cc1ccc(CN2CCC[C@@H](c3ccncn3)C2)cc1. The third-order valence-corrected chi connectivity index (χ3v) is 4.06. The van der Waals surface area contributed by atoms with Crippen LogP contribution in [0.25, 0.3) is 0 Å². The minimum absolute atomic E-state index is 0.553. The van der Waals surface area contributed by atoms with E-state index in [1.165, 1.54) is 36.2 Å². The summed E-state index contributed by atoms with van der Waals surface area (Å²) >= 11 is 0. The molecule has 0 aliphatic carbocycles. The summed E-state index contributed by atoms with van der Waals surface area (Å²) in [6.07, 6.45) is 6.00. The fourth-order valence-corrected chi connectivity index (χ4v) is 2.93. The lowest BCUT2D eigenvalue weighted by molar-refractivity contribution is 0.198. The molecule has 0 unspecified atom stereocenters. The van der Waals surface area contributed by atoms with Crippen molar-refractivity contribution in [3.63, 3.8) is 0 Å². The molecule has 3 nitrogen and oxygen atoms in total. The largest absolute Gasteiger partial charge is 0.298 e. The van der Waals surface area contributed by atoms with Crippen LogP contribution in [0.5, 0.6) is 0 Å². The van der Waals surface area contributed by atoms with Gasteiger partial charge in [-0.15, -0.1) is 0 Å². The molecular weight excluding hydrogens is 246 g/mol. The van der Waals surface area contributed by atoms with E-state index in [1.807, 2.05) is 6.20 Å². The standard InChI is InChI=1S/C17H21N3/c1-14-4-6-15(7-5-14)11-20-10-2-3-16(12-20)17-8-9-18-13-19-17/h4-9,13,16H,2-3,10-12H2,1H3/t16-/m1/s1. The molecule has 1 saturated heterocycles. The highest BCUT2D eigenvalue weighted by molar-refractivity contribution is 5.21. The van der Waals surface area contributed by atoms with E-state index in [0.29, 0.717) is 5.92 Å². The van der Waals surface area contributed by atoms with Crippen molar-refractivity contribution in [3.8, 4) is 0 Å². The van der Waals surface area contributed by atoms with E-state index in [1.54, 1.807) is 6.33 Å². The molecule has 2 heterocycles. The van der Waals surface area contributed by atoms with Gasteiger partial charge in [-0.3, -0.25) is 4.90 Å². The second-order valence-electron chi connectivity index (χ2n) is 5.69. The minimum Gasteiger partial charge on any atom is -0.298 e. The first-order valence-corrected chi connectivity index (χ1v) is 7.35. The average Bonchev–Trinajstić information content (AvgIpc) is 2.51. The number of likely N-dealkylation sites (tertiary alicyclic amines) is 1. The van der Waals surface area contributed by atoms with Crippen molar-refractivity contribution in [2.75, 3.05) is 13.1 Å². The molecule has 3 rings (SSSR count). The summed E-state index contributed by atoms with van der Waals surface area (Å²) in [5, 5.41) is 0. The highest BCUT2D eigenvalue weighted by Crippen LogP contribution is 2.26. The Balaban J connectivity index is 1.65. The molecule has 20 heavy (non-hydrogen) atoms. The molecule has 1 aromatic carbocycles. The Morgan fingerprint density at radius 1 is 1.20 bits per heavy atom. The van der Waals surface area contributed by atoms with Gasteiger partial charge in [0.05, 0.1) is 0 Å². The molecule has 1 fully saturated rings. The Morgan fingerprint density at radius 3 is 2.80 bits per heavy atom. The number of piperidine rings is 1. The van der Waals surface area contributed by atoms with Gasteiger partial charge >= 0.3 is 0 Å². The first kappa shape index (κ1) is 13.3. The van der Waals surface area contributed by atoms with Gasteiger partial charge in [0.2, 0.25) is 0 Å². The zero-order valence-corrected chi connectivity index (χ0v) is 12.0. The molecule has 1 atom stereocenters. The number of rotatable bonds is 3. The monoisotopic (exact) mass is 267 g/mol. The summed E-state index contributed by atoms with van der Waals surface area (Å²) in [6, 6.07) is 10.9. The third-order valence-electron chi connectivity index (χ3n) is 4.06. The van der Waals surface area contributed by atoms with Gasteiger partial charge in [-0.1, -0.05) is 29.8 Å². The molecule has 1 aliphatic heterocycles. The Morgan fingerprint density at radius 2 is 2.05 bits per heavy atom. The molecule has 104 valence electrons. The zero-order valence-electron chi connectivity index (χ0n) is 12.0. The molecular formula is C17H21N3. The van der Waals surface area contributed by atoms with E-state index in [4.69, 9.17) is 0 Å². The van der Waals surface area contributed by atoms with Crippen molar-refractivity contribution in [1.82, 2.24) is 14.9 Å². The number of benzene rings is 1. The van der Waals surface area contributed by atoms with Gasteiger partial charge in [0.25, 0.3) is 0 Å². The molecule has 2 aromatic rings. The van der Waals surface area contributed by atoms with Gasteiger partial charge in [0, 0.05) is 30.9 Å². The van der Waals surface area contributed by atoms with E-state index in [0.717, 1.165) is 13.1 Å². The number of nitrogens with zero attached hydrogens (tertiary/aromatic N) is 3. The van der Waals surface area contributed by atoms with Crippen LogP contribution in [0.1, 0.15) is 35.6 Å². The second-order valence-corrected chi connectivity index (χ2v) is 5.69. The normalized spacial score (nSPS) is 19.9. The van der Waals surface area contributed by atoms with Crippen LogP contribution in [-0.4, -0.2) is 28.0 Å². The predicted molar refractivity (Wildman–Crippen MR) is 80.5 cm³/mol. The molecule has 0 radical (unpaired) electrons. The van der Waals surface area contributed by atoms with Crippen LogP contribution in [0.4, 0.5) is 0 Å².